The number of rotatable bonds is 5. The van der Waals surface area contributed by atoms with Crippen LogP contribution in [-0.4, -0.2) is 45.8 Å². The van der Waals surface area contributed by atoms with Crippen molar-refractivity contribution in [3.63, 3.8) is 0 Å². The number of alkyl halides is 2. The van der Waals surface area contributed by atoms with Gasteiger partial charge in [-0.3, -0.25) is 0 Å². The third-order valence-corrected chi connectivity index (χ3v) is 4.90. The van der Waals surface area contributed by atoms with Crippen LogP contribution >= 0.6 is 0 Å². The third kappa shape index (κ3) is 3.46. The molecule has 0 bridgehead atoms. The molecule has 1 aliphatic rings. The van der Waals surface area contributed by atoms with Crippen molar-refractivity contribution >= 4 is 15.5 Å². The number of halogens is 2. The molecule has 1 unspecified atom stereocenters. The molecule has 0 aliphatic carbocycles. The molecule has 1 N–H and O–H groups in total. The molecular formula is C13H18F2N2O2S. The van der Waals surface area contributed by atoms with E-state index >= 15 is 0 Å². The van der Waals surface area contributed by atoms with Crippen LogP contribution in [0.5, 0.6) is 0 Å². The molecule has 112 valence electrons. The van der Waals surface area contributed by atoms with Crippen LogP contribution in [0.2, 0.25) is 0 Å². The molecule has 4 nitrogen and oxygen atoms in total. The average molecular weight is 304 g/mol. The van der Waals surface area contributed by atoms with Crippen LogP contribution in [0.3, 0.4) is 0 Å². The Kier molecular flexibility index (Phi) is 4.59. The van der Waals surface area contributed by atoms with Gasteiger partial charge >= 0.3 is 5.76 Å². The summed E-state index contributed by atoms with van der Waals surface area (Å²) in [5.74, 6) is -2.82. The quantitative estimate of drug-likeness (QED) is 0.904. The Morgan fingerprint density at radius 2 is 2.00 bits per heavy atom. The maximum atomic E-state index is 12.4. The average Bonchev–Trinajstić information content (AvgIpc) is 2.82. The van der Waals surface area contributed by atoms with Crippen molar-refractivity contribution in [2.75, 3.05) is 32.0 Å². The fourth-order valence-corrected chi connectivity index (χ4v) is 3.04. The minimum Gasteiger partial charge on any atom is -0.385 e. The summed E-state index contributed by atoms with van der Waals surface area (Å²) in [4.78, 5) is 1.91. The van der Waals surface area contributed by atoms with Gasteiger partial charge in [-0.2, -0.15) is 8.78 Å². The van der Waals surface area contributed by atoms with Crippen molar-refractivity contribution in [3.8, 4) is 0 Å². The molecule has 0 saturated carbocycles. The molecule has 0 radical (unpaired) electrons. The summed E-state index contributed by atoms with van der Waals surface area (Å²) >= 11 is 0. The molecule has 0 spiro atoms. The second kappa shape index (κ2) is 6.05. The maximum absolute atomic E-state index is 12.4. The van der Waals surface area contributed by atoms with Gasteiger partial charge in [0.25, 0.3) is 0 Å². The first-order chi connectivity index (χ1) is 9.39. The number of sulfone groups is 1. The van der Waals surface area contributed by atoms with Crippen molar-refractivity contribution in [2.45, 2.75) is 17.1 Å². The Bertz CT molecular complexity index is 546. The summed E-state index contributed by atoms with van der Waals surface area (Å²) in [6, 6.07) is 5.47. The number of nitrogens with one attached hydrogen (secondary N) is 1. The van der Waals surface area contributed by atoms with Gasteiger partial charge in [-0.05, 0) is 50.2 Å². The predicted octanol–water partition coefficient (Wildman–Crippen LogP) is 2.05. The fraction of sp³-hybridized carbons (Fsp3) is 0.538. The van der Waals surface area contributed by atoms with Crippen LogP contribution in [0.4, 0.5) is 14.5 Å². The van der Waals surface area contributed by atoms with E-state index in [-0.39, 0.29) is 4.90 Å². The molecule has 0 amide bonds. The number of anilines is 1. The van der Waals surface area contributed by atoms with Gasteiger partial charge in [-0.1, -0.05) is 0 Å². The van der Waals surface area contributed by atoms with E-state index < -0.39 is 15.6 Å². The van der Waals surface area contributed by atoms with E-state index in [1.807, 2.05) is 0 Å². The van der Waals surface area contributed by atoms with E-state index in [4.69, 9.17) is 0 Å². The molecule has 7 heteroatoms. The molecule has 1 aromatic carbocycles. The van der Waals surface area contributed by atoms with Gasteiger partial charge in [-0.25, -0.2) is 8.42 Å². The number of benzene rings is 1. The van der Waals surface area contributed by atoms with Crippen LogP contribution in [0.25, 0.3) is 0 Å². The highest BCUT2D eigenvalue weighted by Crippen LogP contribution is 2.21. The SMILES string of the molecule is CN1CCC(CNc2ccc(S(=O)(=O)C(F)F)cc2)C1. The van der Waals surface area contributed by atoms with Crippen LogP contribution in [0, 0.1) is 5.92 Å². The normalized spacial score (nSPS) is 20.5. The first kappa shape index (κ1) is 15.2. The number of hydrogen-bond acceptors (Lipinski definition) is 4. The van der Waals surface area contributed by atoms with Gasteiger partial charge in [0.05, 0.1) is 4.90 Å². The Balaban J connectivity index is 1.95. The van der Waals surface area contributed by atoms with E-state index in [2.05, 4.69) is 17.3 Å². The zero-order chi connectivity index (χ0) is 14.8. The van der Waals surface area contributed by atoms with Crippen LogP contribution < -0.4 is 5.32 Å². The topological polar surface area (TPSA) is 49.4 Å². The highest BCUT2D eigenvalue weighted by molar-refractivity contribution is 7.91. The number of nitrogens with zero attached hydrogens (tertiary/aromatic N) is 1. The summed E-state index contributed by atoms with van der Waals surface area (Å²) in [5, 5.41) is 3.21. The van der Waals surface area contributed by atoms with Crippen molar-refractivity contribution < 1.29 is 17.2 Å². The second-order valence-electron chi connectivity index (χ2n) is 5.13. The van der Waals surface area contributed by atoms with Crippen LogP contribution in [0.1, 0.15) is 6.42 Å². The minimum atomic E-state index is -4.50. The summed E-state index contributed by atoms with van der Waals surface area (Å²) in [6.07, 6.45) is 1.13. The standard InChI is InChI=1S/C13H18F2N2O2S/c1-17-7-6-10(9-17)8-16-11-2-4-12(5-3-11)20(18,19)13(14)15/h2-5,10,13,16H,6-9H2,1H3. The summed E-state index contributed by atoms with van der Waals surface area (Å²) in [7, 11) is -2.43. The largest absolute Gasteiger partial charge is 0.385 e. The van der Waals surface area contributed by atoms with Crippen molar-refractivity contribution in [2.24, 2.45) is 5.92 Å². The van der Waals surface area contributed by atoms with Gasteiger partial charge in [-0.15, -0.1) is 0 Å². The lowest BCUT2D eigenvalue weighted by molar-refractivity contribution is 0.234. The fourth-order valence-electron chi connectivity index (χ4n) is 2.32. The molecular weight excluding hydrogens is 286 g/mol. The summed E-state index contributed by atoms with van der Waals surface area (Å²) in [5.41, 5.74) is 0.743. The van der Waals surface area contributed by atoms with Gasteiger partial charge in [0.1, 0.15) is 0 Å². The molecule has 2 rings (SSSR count). The Hall–Kier alpha value is -1.21. The Labute approximate surface area is 117 Å². The molecule has 20 heavy (non-hydrogen) atoms. The summed E-state index contributed by atoms with van der Waals surface area (Å²) in [6.45, 7) is 2.91. The lowest BCUT2D eigenvalue weighted by atomic mass is 10.1. The highest BCUT2D eigenvalue weighted by Gasteiger charge is 2.26. The molecule has 0 aromatic heterocycles. The predicted molar refractivity (Wildman–Crippen MR) is 73.7 cm³/mol. The minimum absolute atomic E-state index is 0.348. The molecule has 1 aliphatic heterocycles. The zero-order valence-corrected chi connectivity index (χ0v) is 12.0. The molecule has 1 aromatic rings. The number of likely N-dealkylation sites (tertiary alicyclic amines) is 1. The maximum Gasteiger partial charge on any atom is 0.341 e. The van der Waals surface area contributed by atoms with Crippen molar-refractivity contribution in [3.05, 3.63) is 24.3 Å². The second-order valence-corrected chi connectivity index (χ2v) is 7.05. The van der Waals surface area contributed by atoms with Gasteiger partial charge in [0.2, 0.25) is 9.84 Å². The first-order valence-corrected chi connectivity index (χ1v) is 7.99. The van der Waals surface area contributed by atoms with E-state index in [0.717, 1.165) is 31.7 Å². The van der Waals surface area contributed by atoms with Crippen LogP contribution in [0.15, 0.2) is 29.2 Å². The summed E-state index contributed by atoms with van der Waals surface area (Å²) < 4.78 is 47.3. The highest BCUT2D eigenvalue weighted by atomic mass is 32.2. The van der Waals surface area contributed by atoms with E-state index in [1.54, 1.807) is 0 Å². The molecule has 1 saturated heterocycles. The van der Waals surface area contributed by atoms with Crippen LogP contribution in [-0.2, 0) is 9.84 Å². The lowest BCUT2D eigenvalue weighted by Crippen LogP contribution is -2.19. The van der Waals surface area contributed by atoms with Gasteiger partial charge < -0.3 is 10.2 Å². The lowest BCUT2D eigenvalue weighted by Gasteiger charge is -2.13. The Morgan fingerprint density at radius 3 is 2.50 bits per heavy atom. The van der Waals surface area contributed by atoms with Crippen molar-refractivity contribution in [1.82, 2.24) is 4.90 Å². The molecule has 1 heterocycles. The van der Waals surface area contributed by atoms with Gasteiger partial charge in [0, 0.05) is 18.8 Å². The third-order valence-electron chi connectivity index (χ3n) is 3.50. The van der Waals surface area contributed by atoms with Crippen molar-refractivity contribution in [1.29, 1.82) is 0 Å². The monoisotopic (exact) mass is 304 g/mol. The van der Waals surface area contributed by atoms with E-state index in [1.165, 1.54) is 24.3 Å². The smallest absolute Gasteiger partial charge is 0.341 e. The molecule has 1 atom stereocenters. The molecule has 1 fully saturated rings. The Morgan fingerprint density at radius 1 is 1.35 bits per heavy atom. The number of hydrogen-bond donors (Lipinski definition) is 1. The van der Waals surface area contributed by atoms with Gasteiger partial charge in [0.15, 0.2) is 0 Å². The first-order valence-electron chi connectivity index (χ1n) is 6.44. The zero-order valence-electron chi connectivity index (χ0n) is 11.2. The van der Waals surface area contributed by atoms with E-state index in [9.17, 15) is 17.2 Å². The van der Waals surface area contributed by atoms with E-state index in [0.29, 0.717) is 5.92 Å².